The summed E-state index contributed by atoms with van der Waals surface area (Å²) >= 11 is 1.34. The van der Waals surface area contributed by atoms with Crippen LogP contribution in [0.5, 0.6) is 11.5 Å². The van der Waals surface area contributed by atoms with E-state index in [-0.39, 0.29) is 22.9 Å². The number of amides is 1. The number of halogens is 4. The number of hydrogen-bond acceptors (Lipinski definition) is 9. The van der Waals surface area contributed by atoms with Crippen molar-refractivity contribution >= 4 is 35.0 Å². The van der Waals surface area contributed by atoms with Crippen LogP contribution < -0.4 is 20.1 Å². The Morgan fingerprint density at radius 3 is 2.47 bits per heavy atom. The summed E-state index contributed by atoms with van der Waals surface area (Å²) in [4.78, 5) is 24.7. The van der Waals surface area contributed by atoms with E-state index in [0.29, 0.717) is 47.3 Å². The Hall–Kier alpha value is -4.40. The average Bonchev–Trinajstić information content (AvgIpc) is 3.02. The zero-order valence-corrected chi connectivity index (χ0v) is 25.1. The third-order valence-corrected chi connectivity index (χ3v) is 7.57. The highest BCUT2D eigenvalue weighted by Gasteiger charge is 2.31. The number of ether oxygens (including phenoxy) is 3. The van der Waals surface area contributed by atoms with E-state index in [1.165, 1.54) is 61.5 Å². The third kappa shape index (κ3) is 8.41. The minimum absolute atomic E-state index is 0.0217. The molecule has 1 aliphatic rings. The summed E-state index contributed by atoms with van der Waals surface area (Å²) < 4.78 is 67.6. The number of benzene rings is 3. The second-order valence-electron chi connectivity index (χ2n) is 9.88. The van der Waals surface area contributed by atoms with Crippen molar-refractivity contribution < 1.29 is 36.6 Å². The predicted molar refractivity (Wildman–Crippen MR) is 163 cm³/mol. The summed E-state index contributed by atoms with van der Waals surface area (Å²) in [5, 5.41) is 5.63. The number of alkyl halides is 3. The number of anilines is 3. The van der Waals surface area contributed by atoms with Gasteiger partial charge in [-0.25, -0.2) is 14.4 Å². The molecule has 45 heavy (non-hydrogen) atoms. The quantitative estimate of drug-likeness (QED) is 0.144. The monoisotopic (exact) mass is 643 g/mol. The fourth-order valence-electron chi connectivity index (χ4n) is 4.64. The molecule has 0 aliphatic carbocycles. The van der Waals surface area contributed by atoms with E-state index in [1.807, 2.05) is 12.1 Å². The molecule has 0 spiro atoms. The van der Waals surface area contributed by atoms with Gasteiger partial charge in [0.05, 0.1) is 42.3 Å². The first kappa shape index (κ1) is 32.0. The molecule has 0 saturated carbocycles. The topological polar surface area (TPSA) is 97.8 Å². The van der Waals surface area contributed by atoms with Crippen LogP contribution in [0.3, 0.4) is 0 Å². The number of morpholine rings is 1. The van der Waals surface area contributed by atoms with Crippen molar-refractivity contribution in [1.82, 2.24) is 14.9 Å². The van der Waals surface area contributed by atoms with Crippen LogP contribution >= 0.6 is 11.8 Å². The number of thioether (sulfide) groups is 1. The highest BCUT2D eigenvalue weighted by Crippen LogP contribution is 2.32. The standard InChI is InChI=1S/C31H29F4N5O4S/c1-42-26-10-3-19(18-40-11-13-43-14-12-40)15-25(26)37-29(41)21-6-9-24(23(32)16-21)38-30-36-17-27(45-2)28(39-30)20-4-7-22(8-5-20)44-31(33,34)35/h3-10,15-17H,11-14,18H2,1-2H3,(H,37,41)(H,36,38,39). The van der Waals surface area contributed by atoms with Crippen molar-refractivity contribution in [3.05, 3.63) is 83.8 Å². The Kier molecular flexibility index (Phi) is 10.1. The van der Waals surface area contributed by atoms with E-state index in [0.717, 1.165) is 24.7 Å². The molecule has 0 atom stereocenters. The van der Waals surface area contributed by atoms with Crippen LogP contribution in [-0.2, 0) is 11.3 Å². The van der Waals surface area contributed by atoms with Crippen molar-refractivity contribution in [2.24, 2.45) is 0 Å². The van der Waals surface area contributed by atoms with Gasteiger partial charge in [0, 0.05) is 37.0 Å². The zero-order chi connectivity index (χ0) is 32.0. The third-order valence-electron chi connectivity index (χ3n) is 6.84. The number of nitrogens with zero attached hydrogens (tertiary/aromatic N) is 3. The Labute approximate surface area is 260 Å². The second kappa shape index (κ2) is 14.1. The molecule has 14 heteroatoms. The van der Waals surface area contributed by atoms with Gasteiger partial charge in [-0.05, 0) is 66.4 Å². The lowest BCUT2D eigenvalue weighted by molar-refractivity contribution is -0.274. The van der Waals surface area contributed by atoms with E-state index in [9.17, 15) is 18.0 Å². The molecule has 1 aromatic heterocycles. The van der Waals surface area contributed by atoms with Crippen molar-refractivity contribution in [1.29, 1.82) is 0 Å². The summed E-state index contributed by atoms with van der Waals surface area (Å²) in [7, 11) is 1.50. The van der Waals surface area contributed by atoms with Gasteiger partial charge in [-0.2, -0.15) is 0 Å². The molecule has 9 nitrogen and oxygen atoms in total. The Bertz CT molecular complexity index is 1650. The summed E-state index contributed by atoms with van der Waals surface area (Å²) in [6.45, 7) is 3.66. The van der Waals surface area contributed by atoms with E-state index in [1.54, 1.807) is 12.3 Å². The maximum Gasteiger partial charge on any atom is 0.573 e. The van der Waals surface area contributed by atoms with Crippen LogP contribution in [0.2, 0.25) is 0 Å². The van der Waals surface area contributed by atoms with Gasteiger partial charge in [-0.15, -0.1) is 24.9 Å². The first-order valence-electron chi connectivity index (χ1n) is 13.7. The number of hydrogen-bond donors (Lipinski definition) is 2. The second-order valence-corrected chi connectivity index (χ2v) is 10.7. The maximum absolute atomic E-state index is 15.2. The Morgan fingerprint density at radius 2 is 1.80 bits per heavy atom. The van der Waals surface area contributed by atoms with Crippen LogP contribution in [0.4, 0.5) is 34.9 Å². The van der Waals surface area contributed by atoms with Gasteiger partial charge in [0.2, 0.25) is 5.95 Å². The molecular formula is C31H29F4N5O4S. The van der Waals surface area contributed by atoms with Gasteiger partial charge in [0.1, 0.15) is 17.3 Å². The molecule has 1 fully saturated rings. The summed E-state index contributed by atoms with van der Waals surface area (Å²) in [6, 6.07) is 14.7. The number of carbonyl (C=O) groups is 1. The van der Waals surface area contributed by atoms with Crippen molar-refractivity contribution in [3.63, 3.8) is 0 Å². The van der Waals surface area contributed by atoms with Crippen LogP contribution in [-0.4, -0.2) is 66.8 Å². The molecule has 1 saturated heterocycles. The maximum atomic E-state index is 15.2. The minimum atomic E-state index is -4.81. The number of nitrogens with one attached hydrogen (secondary N) is 2. The van der Waals surface area contributed by atoms with Gasteiger partial charge in [0.15, 0.2) is 0 Å². The van der Waals surface area contributed by atoms with Crippen molar-refractivity contribution in [2.75, 3.05) is 50.3 Å². The number of methoxy groups -OCH3 is 1. The molecule has 5 rings (SSSR count). The molecule has 3 aromatic carbocycles. The van der Waals surface area contributed by atoms with E-state index < -0.39 is 18.1 Å². The molecule has 2 N–H and O–H groups in total. The lowest BCUT2D eigenvalue weighted by Gasteiger charge is -2.26. The molecule has 4 aromatic rings. The zero-order valence-electron chi connectivity index (χ0n) is 24.3. The van der Waals surface area contributed by atoms with Crippen molar-refractivity contribution in [2.45, 2.75) is 17.8 Å². The first-order valence-corrected chi connectivity index (χ1v) is 15.0. The fourth-order valence-corrected chi connectivity index (χ4v) is 5.16. The summed E-state index contributed by atoms with van der Waals surface area (Å²) in [5.41, 5.74) is 2.49. The normalized spacial score (nSPS) is 13.7. The summed E-state index contributed by atoms with van der Waals surface area (Å²) in [5.74, 6) is -1.09. The SMILES string of the molecule is COc1ccc(CN2CCOCC2)cc1NC(=O)c1ccc(Nc2ncc(SC)c(-c3ccc(OC(F)(F)F)cc3)n2)c(F)c1. The van der Waals surface area contributed by atoms with Gasteiger partial charge in [0.25, 0.3) is 5.91 Å². The fraction of sp³-hybridized carbons (Fsp3) is 0.258. The summed E-state index contributed by atoms with van der Waals surface area (Å²) in [6.07, 6.45) is -1.48. The Morgan fingerprint density at radius 1 is 1.04 bits per heavy atom. The van der Waals surface area contributed by atoms with Gasteiger partial charge in [-0.3, -0.25) is 9.69 Å². The highest BCUT2D eigenvalue weighted by atomic mass is 32.2. The molecule has 0 unspecified atom stereocenters. The van der Waals surface area contributed by atoms with E-state index in [2.05, 4.69) is 30.2 Å². The number of carbonyl (C=O) groups excluding carboxylic acids is 1. The first-order chi connectivity index (χ1) is 21.6. The molecule has 0 radical (unpaired) electrons. The van der Waals surface area contributed by atoms with Gasteiger partial charge >= 0.3 is 6.36 Å². The molecule has 236 valence electrons. The van der Waals surface area contributed by atoms with Crippen LogP contribution in [0.15, 0.2) is 71.8 Å². The predicted octanol–water partition coefficient (Wildman–Crippen LogP) is 6.74. The molecule has 2 heterocycles. The van der Waals surface area contributed by atoms with E-state index in [4.69, 9.17) is 9.47 Å². The highest BCUT2D eigenvalue weighted by molar-refractivity contribution is 7.98. The van der Waals surface area contributed by atoms with Crippen molar-refractivity contribution in [3.8, 4) is 22.8 Å². The van der Waals surface area contributed by atoms with Crippen LogP contribution in [0, 0.1) is 5.82 Å². The smallest absolute Gasteiger partial charge is 0.495 e. The molecule has 1 amide bonds. The Balaban J connectivity index is 1.30. The largest absolute Gasteiger partial charge is 0.573 e. The van der Waals surface area contributed by atoms with Crippen LogP contribution in [0.1, 0.15) is 15.9 Å². The number of aromatic nitrogens is 2. The van der Waals surface area contributed by atoms with Gasteiger partial charge in [-0.1, -0.05) is 6.07 Å². The minimum Gasteiger partial charge on any atom is -0.495 e. The van der Waals surface area contributed by atoms with Gasteiger partial charge < -0.3 is 24.8 Å². The molecule has 1 aliphatic heterocycles. The lowest BCUT2D eigenvalue weighted by Crippen LogP contribution is -2.35. The lowest BCUT2D eigenvalue weighted by atomic mass is 10.1. The van der Waals surface area contributed by atoms with Crippen LogP contribution in [0.25, 0.3) is 11.3 Å². The molecular weight excluding hydrogens is 614 g/mol. The van der Waals surface area contributed by atoms with E-state index >= 15 is 4.39 Å². The average molecular weight is 644 g/mol. The number of rotatable bonds is 10. The molecule has 0 bridgehead atoms.